The average molecular weight is 393 g/mol. The van der Waals surface area contributed by atoms with Crippen LogP contribution in [0.3, 0.4) is 0 Å². The fraction of sp³-hybridized carbons (Fsp3) is 0.421. The van der Waals surface area contributed by atoms with Gasteiger partial charge in [0.15, 0.2) is 5.96 Å². The molecule has 27 heavy (non-hydrogen) atoms. The molecule has 8 heteroatoms. The van der Waals surface area contributed by atoms with E-state index in [9.17, 15) is 9.18 Å². The molecule has 0 aliphatic rings. The third kappa shape index (κ3) is 6.02. The number of nitrogens with one attached hydrogen (secondary N) is 2. The number of esters is 1. The number of carbonyl (C=O) groups is 1. The number of nitrogens with zero attached hydrogens (tertiary/aromatic N) is 2. The van der Waals surface area contributed by atoms with Crippen molar-refractivity contribution in [1.29, 1.82) is 0 Å². The highest BCUT2D eigenvalue weighted by atomic mass is 32.1. The number of halogens is 1. The first-order chi connectivity index (χ1) is 12.9. The Bertz CT molecular complexity index is 807. The lowest BCUT2D eigenvalue weighted by Gasteiger charge is -2.16. The molecule has 2 rings (SSSR count). The Labute approximate surface area is 162 Å². The Morgan fingerprint density at radius 1 is 1.41 bits per heavy atom. The topological polar surface area (TPSA) is 75.6 Å². The van der Waals surface area contributed by atoms with Crippen molar-refractivity contribution in [3.05, 3.63) is 51.2 Å². The molecule has 1 atom stereocenters. The first-order valence-electron chi connectivity index (χ1n) is 8.88. The summed E-state index contributed by atoms with van der Waals surface area (Å²) in [6.45, 7) is 8.85. The van der Waals surface area contributed by atoms with Crippen LogP contribution in [0.25, 0.3) is 0 Å². The smallest absolute Gasteiger partial charge is 0.350 e. The predicted octanol–water partition coefficient (Wildman–Crippen LogP) is 3.58. The lowest BCUT2D eigenvalue weighted by molar-refractivity contribution is 0.0531. The number of ether oxygens (including phenoxy) is 1. The van der Waals surface area contributed by atoms with E-state index in [0.29, 0.717) is 36.2 Å². The maximum Gasteiger partial charge on any atom is 0.350 e. The lowest BCUT2D eigenvalue weighted by Crippen LogP contribution is -2.38. The Kier molecular flexibility index (Phi) is 7.72. The molecule has 0 saturated carbocycles. The van der Waals surface area contributed by atoms with E-state index in [-0.39, 0.29) is 17.8 Å². The van der Waals surface area contributed by atoms with Gasteiger partial charge in [-0.05, 0) is 45.4 Å². The normalized spacial score (nSPS) is 12.6. The number of hydrogen-bond donors (Lipinski definition) is 2. The zero-order valence-electron chi connectivity index (χ0n) is 16.0. The molecule has 2 aromatic rings. The van der Waals surface area contributed by atoms with Gasteiger partial charge in [-0.15, -0.1) is 11.3 Å². The quantitative estimate of drug-likeness (QED) is 0.428. The third-order valence-electron chi connectivity index (χ3n) is 3.65. The maximum absolute atomic E-state index is 13.3. The minimum Gasteiger partial charge on any atom is -0.462 e. The molecule has 0 spiro atoms. The first kappa shape index (κ1) is 20.8. The lowest BCUT2D eigenvalue weighted by atomic mass is 10.2. The van der Waals surface area contributed by atoms with E-state index < -0.39 is 0 Å². The first-order valence-corrected chi connectivity index (χ1v) is 9.70. The van der Waals surface area contributed by atoms with Gasteiger partial charge in [-0.1, -0.05) is 12.1 Å². The molecule has 0 fully saturated rings. The van der Waals surface area contributed by atoms with Gasteiger partial charge in [0.05, 0.1) is 24.9 Å². The van der Waals surface area contributed by atoms with Gasteiger partial charge in [-0.25, -0.2) is 19.2 Å². The van der Waals surface area contributed by atoms with Crippen LogP contribution in [0, 0.1) is 12.7 Å². The third-order valence-corrected chi connectivity index (χ3v) is 4.97. The molecule has 0 aliphatic heterocycles. The van der Waals surface area contributed by atoms with Crippen molar-refractivity contribution < 1.29 is 13.9 Å². The van der Waals surface area contributed by atoms with Crippen molar-refractivity contribution in [3.63, 3.8) is 0 Å². The minimum atomic E-state index is -0.349. The molecule has 1 aromatic carbocycles. The monoisotopic (exact) mass is 392 g/mol. The van der Waals surface area contributed by atoms with Crippen LogP contribution in [-0.4, -0.2) is 30.1 Å². The number of carbonyl (C=O) groups excluding carboxylic acids is 1. The number of benzene rings is 1. The van der Waals surface area contributed by atoms with E-state index in [1.165, 1.54) is 23.5 Å². The predicted molar refractivity (Wildman–Crippen MR) is 106 cm³/mol. The van der Waals surface area contributed by atoms with E-state index >= 15 is 0 Å². The average Bonchev–Trinajstić information content (AvgIpc) is 3.02. The molecule has 1 heterocycles. The van der Waals surface area contributed by atoms with E-state index in [2.05, 4.69) is 20.6 Å². The molecule has 6 nitrogen and oxygen atoms in total. The summed E-state index contributed by atoms with van der Waals surface area (Å²) in [5.74, 6) is -0.0313. The van der Waals surface area contributed by atoms with Gasteiger partial charge in [0.2, 0.25) is 0 Å². The number of rotatable bonds is 7. The van der Waals surface area contributed by atoms with Gasteiger partial charge in [0, 0.05) is 6.54 Å². The number of aryl methyl sites for hydroxylation is 1. The van der Waals surface area contributed by atoms with Crippen LogP contribution in [0.5, 0.6) is 0 Å². The highest BCUT2D eigenvalue weighted by Gasteiger charge is 2.20. The molecule has 146 valence electrons. The second-order valence-electron chi connectivity index (χ2n) is 5.88. The Morgan fingerprint density at radius 2 is 2.19 bits per heavy atom. The number of thiazole rings is 1. The zero-order valence-corrected chi connectivity index (χ0v) is 16.8. The highest BCUT2D eigenvalue weighted by molar-refractivity contribution is 7.13. The number of hydrogen-bond acceptors (Lipinski definition) is 5. The van der Waals surface area contributed by atoms with Gasteiger partial charge >= 0.3 is 5.97 Å². The Morgan fingerprint density at radius 3 is 2.85 bits per heavy atom. The zero-order chi connectivity index (χ0) is 19.8. The molecular weight excluding hydrogens is 367 g/mol. The van der Waals surface area contributed by atoms with Crippen molar-refractivity contribution in [3.8, 4) is 0 Å². The van der Waals surface area contributed by atoms with Gasteiger partial charge < -0.3 is 15.4 Å². The van der Waals surface area contributed by atoms with E-state index in [1.807, 2.05) is 19.9 Å². The van der Waals surface area contributed by atoms with E-state index in [1.54, 1.807) is 19.9 Å². The second kappa shape index (κ2) is 10.0. The summed E-state index contributed by atoms with van der Waals surface area (Å²) in [7, 11) is 0. The van der Waals surface area contributed by atoms with Gasteiger partial charge in [-0.3, -0.25) is 0 Å². The van der Waals surface area contributed by atoms with Crippen molar-refractivity contribution >= 4 is 23.3 Å². The van der Waals surface area contributed by atoms with E-state index in [4.69, 9.17) is 4.74 Å². The van der Waals surface area contributed by atoms with Crippen molar-refractivity contribution in [2.75, 3.05) is 13.2 Å². The summed E-state index contributed by atoms with van der Waals surface area (Å²) in [6, 6.07) is 6.22. The molecule has 0 amide bonds. The van der Waals surface area contributed by atoms with Crippen LogP contribution in [0.1, 0.15) is 52.7 Å². The standard InChI is InChI=1S/C19H25FN4O2S/c1-5-21-19(22-11-14-8-7-9-15(20)10-14)24-13(4)17-23-12(3)16(27-17)18(25)26-6-2/h7-10,13H,5-6,11H2,1-4H3,(H2,21,22,24). The summed E-state index contributed by atoms with van der Waals surface area (Å²) < 4.78 is 18.4. The van der Waals surface area contributed by atoms with Crippen LogP contribution in [0.2, 0.25) is 0 Å². The summed E-state index contributed by atoms with van der Waals surface area (Å²) in [4.78, 5) is 21.5. The van der Waals surface area contributed by atoms with Gasteiger partial charge in [-0.2, -0.15) is 0 Å². The fourth-order valence-corrected chi connectivity index (χ4v) is 3.34. The number of guanidine groups is 1. The summed E-state index contributed by atoms with van der Waals surface area (Å²) in [5.41, 5.74) is 1.44. The van der Waals surface area contributed by atoms with Gasteiger partial charge in [0.25, 0.3) is 0 Å². The Hall–Kier alpha value is -2.48. The molecule has 1 unspecified atom stereocenters. The van der Waals surface area contributed by atoms with Gasteiger partial charge in [0.1, 0.15) is 15.7 Å². The number of aliphatic imine (C=N–C) groups is 1. The molecule has 0 radical (unpaired) electrons. The molecule has 0 aliphatic carbocycles. The minimum absolute atomic E-state index is 0.151. The molecule has 1 aromatic heterocycles. The molecule has 0 bridgehead atoms. The van der Waals surface area contributed by atoms with Crippen LogP contribution >= 0.6 is 11.3 Å². The van der Waals surface area contributed by atoms with Crippen molar-refractivity contribution in [1.82, 2.24) is 15.6 Å². The number of aromatic nitrogens is 1. The summed E-state index contributed by atoms with van der Waals surface area (Å²) in [5, 5.41) is 7.20. The Balaban J connectivity index is 2.10. The van der Waals surface area contributed by atoms with Crippen molar-refractivity contribution in [2.45, 2.75) is 40.3 Å². The van der Waals surface area contributed by atoms with Crippen LogP contribution in [0.4, 0.5) is 4.39 Å². The maximum atomic E-state index is 13.3. The summed E-state index contributed by atoms with van der Waals surface area (Å²) in [6.07, 6.45) is 0. The SMILES string of the molecule is CCNC(=NCc1cccc(F)c1)NC(C)c1nc(C)c(C(=O)OCC)s1. The van der Waals surface area contributed by atoms with E-state index in [0.717, 1.165) is 10.6 Å². The van der Waals surface area contributed by atoms with Crippen LogP contribution in [-0.2, 0) is 11.3 Å². The highest BCUT2D eigenvalue weighted by Crippen LogP contribution is 2.24. The van der Waals surface area contributed by atoms with Crippen molar-refractivity contribution in [2.24, 2.45) is 4.99 Å². The molecule has 0 saturated heterocycles. The molecule has 2 N–H and O–H groups in total. The second-order valence-corrected chi connectivity index (χ2v) is 6.91. The molecular formula is C19H25FN4O2S. The fourth-order valence-electron chi connectivity index (χ4n) is 2.38. The summed E-state index contributed by atoms with van der Waals surface area (Å²) >= 11 is 1.31. The van der Waals surface area contributed by atoms with Crippen LogP contribution < -0.4 is 10.6 Å². The van der Waals surface area contributed by atoms with Crippen LogP contribution in [0.15, 0.2) is 29.3 Å². The largest absolute Gasteiger partial charge is 0.462 e.